The van der Waals surface area contributed by atoms with Gasteiger partial charge in [-0.2, -0.15) is 0 Å². The number of non-ortho nitro benzene ring substituents is 1. The number of carbonyl (C=O) groups is 1. The van der Waals surface area contributed by atoms with Crippen molar-refractivity contribution in [3.8, 4) is 5.75 Å². The molecule has 0 aliphatic rings. The van der Waals surface area contributed by atoms with E-state index in [1.165, 1.54) is 37.1 Å². The molecule has 0 bridgehead atoms. The van der Waals surface area contributed by atoms with E-state index in [4.69, 9.17) is 16.3 Å². The van der Waals surface area contributed by atoms with Crippen LogP contribution in [0.5, 0.6) is 5.75 Å². The van der Waals surface area contributed by atoms with Gasteiger partial charge < -0.3 is 10.1 Å². The van der Waals surface area contributed by atoms with Gasteiger partial charge in [-0.05, 0) is 23.8 Å². The molecule has 0 aliphatic heterocycles. The van der Waals surface area contributed by atoms with Crippen molar-refractivity contribution in [2.75, 3.05) is 18.2 Å². The maximum absolute atomic E-state index is 12.0. The summed E-state index contributed by atoms with van der Waals surface area (Å²) in [5, 5.41) is 14.1. The highest BCUT2D eigenvalue weighted by Gasteiger charge is 2.13. The summed E-state index contributed by atoms with van der Waals surface area (Å²) in [6, 6.07) is 11.5. The number of methoxy groups -OCH3 is 1. The fourth-order valence-electron chi connectivity index (χ4n) is 1.97. The van der Waals surface area contributed by atoms with Crippen molar-refractivity contribution in [3.63, 3.8) is 0 Å². The van der Waals surface area contributed by atoms with E-state index in [1.54, 1.807) is 6.07 Å². The molecule has 0 saturated carbocycles. The molecule has 2 rings (SSSR count). The van der Waals surface area contributed by atoms with Crippen LogP contribution in [0.25, 0.3) is 0 Å². The first-order valence-electron chi connectivity index (χ1n) is 6.94. The van der Waals surface area contributed by atoms with Crippen LogP contribution >= 0.6 is 23.4 Å². The van der Waals surface area contributed by atoms with Crippen molar-refractivity contribution in [1.29, 1.82) is 0 Å². The van der Waals surface area contributed by atoms with Crippen molar-refractivity contribution in [3.05, 3.63) is 63.2 Å². The Morgan fingerprint density at radius 2 is 2.12 bits per heavy atom. The van der Waals surface area contributed by atoms with Gasteiger partial charge in [-0.3, -0.25) is 14.9 Å². The second-order valence-electron chi connectivity index (χ2n) is 4.81. The average Bonchev–Trinajstić information content (AvgIpc) is 2.55. The van der Waals surface area contributed by atoms with Gasteiger partial charge in [0.2, 0.25) is 5.91 Å². The number of anilines is 1. The quantitative estimate of drug-likeness (QED) is 0.588. The monoisotopic (exact) mass is 366 g/mol. The van der Waals surface area contributed by atoms with E-state index in [0.29, 0.717) is 16.5 Å². The third-order valence-electron chi connectivity index (χ3n) is 3.06. The van der Waals surface area contributed by atoms with Gasteiger partial charge >= 0.3 is 0 Å². The molecule has 2 aromatic rings. The van der Waals surface area contributed by atoms with Crippen molar-refractivity contribution >= 4 is 40.6 Å². The summed E-state index contributed by atoms with van der Waals surface area (Å²) in [5.41, 5.74) is 1.34. The van der Waals surface area contributed by atoms with Crippen molar-refractivity contribution < 1.29 is 14.5 Å². The van der Waals surface area contributed by atoms with E-state index < -0.39 is 4.92 Å². The molecule has 6 nitrogen and oxygen atoms in total. The Bertz CT molecular complexity index is 755. The van der Waals surface area contributed by atoms with Gasteiger partial charge in [0, 0.05) is 16.8 Å². The molecule has 0 atom stereocenters. The Labute approximate surface area is 148 Å². The Kier molecular flexibility index (Phi) is 6.45. The van der Waals surface area contributed by atoms with Crippen molar-refractivity contribution in [2.45, 2.75) is 5.75 Å². The highest BCUT2D eigenvalue weighted by atomic mass is 35.5. The van der Waals surface area contributed by atoms with E-state index in [2.05, 4.69) is 5.32 Å². The smallest absolute Gasteiger partial charge is 0.273 e. The fourth-order valence-corrected chi connectivity index (χ4v) is 2.96. The zero-order valence-corrected chi connectivity index (χ0v) is 14.4. The summed E-state index contributed by atoms with van der Waals surface area (Å²) in [4.78, 5) is 22.2. The summed E-state index contributed by atoms with van der Waals surface area (Å²) in [6.45, 7) is 0. The minimum atomic E-state index is -0.519. The van der Waals surface area contributed by atoms with Crippen LogP contribution in [0.3, 0.4) is 0 Å². The number of nitro groups is 1. The lowest BCUT2D eigenvalue weighted by atomic mass is 10.2. The van der Waals surface area contributed by atoms with Gasteiger partial charge in [0.1, 0.15) is 5.75 Å². The number of nitro benzene ring substituents is 1. The minimum absolute atomic E-state index is 0.0971. The Hall–Kier alpha value is -2.25. The molecule has 1 N–H and O–H groups in total. The van der Waals surface area contributed by atoms with Crippen LogP contribution in [0.15, 0.2) is 42.5 Å². The molecule has 1 amide bonds. The van der Waals surface area contributed by atoms with Crippen LogP contribution in [-0.4, -0.2) is 23.7 Å². The van der Waals surface area contributed by atoms with E-state index in [0.717, 1.165) is 5.56 Å². The molecule has 0 fully saturated rings. The predicted molar refractivity (Wildman–Crippen MR) is 95.9 cm³/mol. The number of rotatable bonds is 7. The molecule has 0 aliphatic carbocycles. The Morgan fingerprint density at radius 3 is 2.79 bits per heavy atom. The highest BCUT2D eigenvalue weighted by Crippen LogP contribution is 2.29. The topological polar surface area (TPSA) is 81.5 Å². The SMILES string of the molecule is COc1cc([N+](=O)[O-])ccc1NC(=O)CSCc1cccc(Cl)c1. The molecule has 126 valence electrons. The van der Waals surface area contributed by atoms with Gasteiger partial charge in [-0.1, -0.05) is 23.7 Å². The van der Waals surface area contributed by atoms with Crippen LogP contribution in [0.1, 0.15) is 5.56 Å². The Balaban J connectivity index is 1.91. The molecule has 0 aromatic heterocycles. The van der Waals surface area contributed by atoms with Crippen LogP contribution in [0, 0.1) is 10.1 Å². The lowest BCUT2D eigenvalue weighted by molar-refractivity contribution is -0.384. The summed E-state index contributed by atoms with van der Waals surface area (Å²) < 4.78 is 5.08. The zero-order valence-electron chi connectivity index (χ0n) is 12.8. The van der Waals surface area contributed by atoms with E-state index in [9.17, 15) is 14.9 Å². The third kappa shape index (κ3) is 5.14. The fraction of sp³-hybridized carbons (Fsp3) is 0.188. The second-order valence-corrected chi connectivity index (χ2v) is 6.23. The lowest BCUT2D eigenvalue weighted by Crippen LogP contribution is -2.15. The van der Waals surface area contributed by atoms with E-state index >= 15 is 0 Å². The second kappa shape index (κ2) is 8.56. The van der Waals surface area contributed by atoms with E-state index in [-0.39, 0.29) is 23.1 Å². The molecule has 0 radical (unpaired) electrons. The number of nitrogens with one attached hydrogen (secondary N) is 1. The number of halogens is 1. The molecule has 8 heteroatoms. The summed E-state index contributed by atoms with van der Waals surface area (Å²) in [7, 11) is 1.39. The maximum Gasteiger partial charge on any atom is 0.273 e. The van der Waals surface area contributed by atoms with Gasteiger partial charge in [-0.25, -0.2) is 0 Å². The van der Waals surface area contributed by atoms with Crippen molar-refractivity contribution in [1.82, 2.24) is 0 Å². The number of hydrogen-bond acceptors (Lipinski definition) is 5. The predicted octanol–water partition coefficient (Wildman–Crippen LogP) is 4.13. The zero-order chi connectivity index (χ0) is 17.5. The van der Waals surface area contributed by atoms with E-state index in [1.807, 2.05) is 18.2 Å². The normalized spacial score (nSPS) is 10.2. The van der Waals surface area contributed by atoms with Crippen molar-refractivity contribution in [2.24, 2.45) is 0 Å². The number of ether oxygens (including phenoxy) is 1. The number of benzene rings is 2. The third-order valence-corrected chi connectivity index (χ3v) is 4.30. The van der Waals surface area contributed by atoms with Crippen LogP contribution < -0.4 is 10.1 Å². The minimum Gasteiger partial charge on any atom is -0.494 e. The number of hydrogen-bond donors (Lipinski definition) is 1. The van der Waals surface area contributed by atoms with Gasteiger partial charge in [0.15, 0.2) is 0 Å². The number of nitrogens with zero attached hydrogens (tertiary/aromatic N) is 1. The number of thioether (sulfide) groups is 1. The molecular formula is C16H15ClN2O4S. The number of amides is 1. The lowest BCUT2D eigenvalue weighted by Gasteiger charge is -2.10. The van der Waals surface area contributed by atoms with Gasteiger partial charge in [0.25, 0.3) is 5.69 Å². The maximum atomic E-state index is 12.0. The first-order valence-corrected chi connectivity index (χ1v) is 8.47. The summed E-state index contributed by atoms with van der Waals surface area (Å²) in [5.74, 6) is 0.935. The summed E-state index contributed by atoms with van der Waals surface area (Å²) in [6.07, 6.45) is 0. The molecule has 0 heterocycles. The van der Waals surface area contributed by atoms with Crippen LogP contribution in [0.2, 0.25) is 5.02 Å². The molecule has 0 unspecified atom stereocenters. The van der Waals surface area contributed by atoms with Gasteiger partial charge in [0.05, 0.1) is 29.5 Å². The molecule has 2 aromatic carbocycles. The summed E-state index contributed by atoms with van der Waals surface area (Å²) >= 11 is 7.36. The van der Waals surface area contributed by atoms with Gasteiger partial charge in [-0.15, -0.1) is 11.8 Å². The molecular weight excluding hydrogens is 352 g/mol. The molecule has 0 spiro atoms. The highest BCUT2D eigenvalue weighted by molar-refractivity contribution is 7.99. The first-order chi connectivity index (χ1) is 11.5. The van der Waals surface area contributed by atoms with Crippen LogP contribution in [-0.2, 0) is 10.5 Å². The molecule has 24 heavy (non-hydrogen) atoms. The Morgan fingerprint density at radius 1 is 1.33 bits per heavy atom. The standard InChI is InChI=1S/C16H15ClN2O4S/c1-23-15-8-13(19(21)22)5-6-14(15)18-16(20)10-24-9-11-3-2-4-12(17)7-11/h2-8H,9-10H2,1H3,(H,18,20). The largest absolute Gasteiger partial charge is 0.494 e. The van der Waals surface area contributed by atoms with Crippen LogP contribution in [0.4, 0.5) is 11.4 Å². The first kappa shape index (κ1) is 18.1. The average molecular weight is 367 g/mol. The number of carbonyl (C=O) groups excluding carboxylic acids is 1. The molecule has 0 saturated heterocycles.